The summed E-state index contributed by atoms with van der Waals surface area (Å²) in [5.41, 5.74) is 8.02. The maximum atomic E-state index is 5.94. The van der Waals surface area contributed by atoms with E-state index in [1.807, 2.05) is 23.9 Å². The summed E-state index contributed by atoms with van der Waals surface area (Å²) >= 11 is 5.31. The van der Waals surface area contributed by atoms with Crippen LogP contribution in [0.4, 0.5) is 5.69 Å². The van der Waals surface area contributed by atoms with Gasteiger partial charge in [-0.25, -0.2) is 0 Å². The van der Waals surface area contributed by atoms with Crippen molar-refractivity contribution in [2.24, 2.45) is 0 Å². The molecule has 1 atom stereocenters. The molecule has 0 aliphatic carbocycles. The fraction of sp³-hybridized carbons (Fsp3) is 0.500. The molecule has 1 aromatic rings. The van der Waals surface area contributed by atoms with Crippen molar-refractivity contribution >= 4 is 33.4 Å². The highest BCUT2D eigenvalue weighted by atomic mass is 79.9. The quantitative estimate of drug-likeness (QED) is 0.865. The fourth-order valence-corrected chi connectivity index (χ4v) is 3.28. The second-order valence-electron chi connectivity index (χ2n) is 3.99. The van der Waals surface area contributed by atoms with Crippen molar-refractivity contribution in [2.75, 3.05) is 18.1 Å². The van der Waals surface area contributed by atoms with Crippen LogP contribution in [0.25, 0.3) is 0 Å². The Balaban J connectivity index is 1.80. The summed E-state index contributed by atoms with van der Waals surface area (Å²) in [6, 6.07) is 6.09. The molecule has 1 saturated heterocycles. The summed E-state index contributed by atoms with van der Waals surface area (Å²) in [6.07, 6.45) is 2.88. The number of nitrogens with two attached hydrogens (primary N) is 1. The zero-order chi connectivity index (χ0) is 11.4. The van der Waals surface area contributed by atoms with E-state index in [1.54, 1.807) is 0 Å². The molecule has 2 nitrogen and oxygen atoms in total. The Morgan fingerprint density at radius 1 is 1.50 bits per heavy atom. The topological polar surface area (TPSA) is 35.2 Å². The standard InChI is InChI=1S/C12H16BrNOS/c13-10-4-3-9(12(14)6-10)7-16-8-11-2-1-5-15-11/h3-4,6,11H,1-2,5,7-8,14H2. The molecule has 88 valence electrons. The Hall–Kier alpha value is -0.190. The van der Waals surface area contributed by atoms with E-state index in [1.165, 1.54) is 18.4 Å². The van der Waals surface area contributed by atoms with E-state index in [0.717, 1.165) is 28.3 Å². The third-order valence-electron chi connectivity index (χ3n) is 2.69. The van der Waals surface area contributed by atoms with Crippen LogP contribution in [0.15, 0.2) is 22.7 Å². The summed E-state index contributed by atoms with van der Waals surface area (Å²) in [6.45, 7) is 0.936. The van der Waals surface area contributed by atoms with Crippen molar-refractivity contribution in [1.82, 2.24) is 0 Å². The van der Waals surface area contributed by atoms with Gasteiger partial charge in [-0.2, -0.15) is 11.8 Å². The van der Waals surface area contributed by atoms with E-state index in [9.17, 15) is 0 Å². The zero-order valence-electron chi connectivity index (χ0n) is 9.12. The van der Waals surface area contributed by atoms with Gasteiger partial charge in [-0.3, -0.25) is 0 Å². The molecule has 1 heterocycles. The molecular weight excluding hydrogens is 286 g/mol. The highest BCUT2D eigenvalue weighted by Crippen LogP contribution is 2.25. The van der Waals surface area contributed by atoms with Gasteiger partial charge in [-0.1, -0.05) is 22.0 Å². The molecule has 2 rings (SSSR count). The minimum absolute atomic E-state index is 0.460. The maximum Gasteiger partial charge on any atom is 0.0666 e. The summed E-state index contributed by atoms with van der Waals surface area (Å²) in [5, 5.41) is 0. The molecule has 0 amide bonds. The average Bonchev–Trinajstić information content (AvgIpc) is 2.74. The molecule has 1 aliphatic heterocycles. The number of halogens is 1. The predicted octanol–water partition coefficient (Wildman–Crippen LogP) is 3.44. The van der Waals surface area contributed by atoms with Crippen molar-refractivity contribution in [1.29, 1.82) is 0 Å². The van der Waals surface area contributed by atoms with Gasteiger partial charge in [0.25, 0.3) is 0 Å². The Morgan fingerprint density at radius 2 is 2.38 bits per heavy atom. The lowest BCUT2D eigenvalue weighted by Gasteiger charge is -2.10. The van der Waals surface area contributed by atoms with Crippen molar-refractivity contribution in [3.8, 4) is 0 Å². The summed E-state index contributed by atoms with van der Waals surface area (Å²) in [4.78, 5) is 0. The smallest absolute Gasteiger partial charge is 0.0666 e. The van der Waals surface area contributed by atoms with Crippen molar-refractivity contribution in [2.45, 2.75) is 24.7 Å². The van der Waals surface area contributed by atoms with Gasteiger partial charge in [0.05, 0.1) is 6.10 Å². The number of rotatable bonds is 4. The Morgan fingerprint density at radius 3 is 3.06 bits per heavy atom. The number of hydrogen-bond acceptors (Lipinski definition) is 3. The van der Waals surface area contributed by atoms with E-state index in [-0.39, 0.29) is 0 Å². The highest BCUT2D eigenvalue weighted by molar-refractivity contribution is 9.10. The Bertz CT molecular complexity index is 353. The number of nitrogen functional groups attached to an aromatic ring is 1. The average molecular weight is 302 g/mol. The molecule has 1 unspecified atom stereocenters. The van der Waals surface area contributed by atoms with Crippen LogP contribution < -0.4 is 5.73 Å². The first-order chi connectivity index (χ1) is 7.75. The van der Waals surface area contributed by atoms with Gasteiger partial charge in [-0.15, -0.1) is 0 Å². The molecule has 4 heteroatoms. The van der Waals surface area contributed by atoms with Crippen LogP contribution in [-0.2, 0) is 10.5 Å². The summed E-state index contributed by atoms with van der Waals surface area (Å²) in [5.74, 6) is 2.05. The van der Waals surface area contributed by atoms with Gasteiger partial charge in [0, 0.05) is 28.3 Å². The summed E-state index contributed by atoms with van der Waals surface area (Å²) in [7, 11) is 0. The van der Waals surface area contributed by atoms with E-state index in [0.29, 0.717) is 6.10 Å². The molecule has 0 radical (unpaired) electrons. The van der Waals surface area contributed by atoms with E-state index in [2.05, 4.69) is 22.0 Å². The van der Waals surface area contributed by atoms with Crippen LogP contribution in [0.5, 0.6) is 0 Å². The van der Waals surface area contributed by atoms with Crippen molar-refractivity contribution in [3.05, 3.63) is 28.2 Å². The first kappa shape index (κ1) is 12.3. The number of benzene rings is 1. The van der Waals surface area contributed by atoms with Crippen LogP contribution in [0.2, 0.25) is 0 Å². The minimum Gasteiger partial charge on any atom is -0.398 e. The van der Waals surface area contributed by atoms with Gasteiger partial charge in [0.2, 0.25) is 0 Å². The third-order valence-corrected chi connectivity index (χ3v) is 4.31. The fourth-order valence-electron chi connectivity index (χ4n) is 1.77. The first-order valence-corrected chi connectivity index (χ1v) is 7.44. The SMILES string of the molecule is Nc1cc(Br)ccc1CSCC1CCCO1. The second-order valence-corrected chi connectivity index (χ2v) is 5.94. The molecule has 1 aliphatic rings. The second kappa shape index (κ2) is 5.94. The lowest BCUT2D eigenvalue weighted by atomic mass is 10.2. The predicted molar refractivity (Wildman–Crippen MR) is 73.7 cm³/mol. The third kappa shape index (κ3) is 3.40. The minimum atomic E-state index is 0.460. The summed E-state index contributed by atoms with van der Waals surface area (Å²) < 4.78 is 6.62. The van der Waals surface area contributed by atoms with Crippen LogP contribution in [0, 0.1) is 0 Å². The molecule has 1 aromatic carbocycles. The molecule has 0 saturated carbocycles. The number of thioether (sulfide) groups is 1. The first-order valence-electron chi connectivity index (χ1n) is 5.49. The normalized spacial score (nSPS) is 20.2. The van der Waals surface area contributed by atoms with Crippen LogP contribution in [0.3, 0.4) is 0 Å². The molecule has 0 bridgehead atoms. The lowest BCUT2D eigenvalue weighted by Crippen LogP contribution is -2.08. The van der Waals surface area contributed by atoms with Crippen LogP contribution in [-0.4, -0.2) is 18.5 Å². The van der Waals surface area contributed by atoms with Crippen LogP contribution >= 0.6 is 27.7 Å². The molecule has 16 heavy (non-hydrogen) atoms. The van der Waals surface area contributed by atoms with Gasteiger partial charge >= 0.3 is 0 Å². The van der Waals surface area contributed by atoms with E-state index in [4.69, 9.17) is 10.5 Å². The van der Waals surface area contributed by atoms with Gasteiger partial charge in [0.1, 0.15) is 0 Å². The molecule has 2 N–H and O–H groups in total. The zero-order valence-corrected chi connectivity index (χ0v) is 11.5. The molecular formula is C12H16BrNOS. The van der Waals surface area contributed by atoms with Crippen molar-refractivity contribution in [3.63, 3.8) is 0 Å². The van der Waals surface area contributed by atoms with E-state index < -0.39 is 0 Å². The highest BCUT2D eigenvalue weighted by Gasteiger charge is 2.15. The van der Waals surface area contributed by atoms with Gasteiger partial charge in [0.15, 0.2) is 0 Å². The molecule has 1 fully saturated rings. The largest absolute Gasteiger partial charge is 0.398 e. The monoisotopic (exact) mass is 301 g/mol. The number of anilines is 1. The lowest BCUT2D eigenvalue weighted by molar-refractivity contribution is 0.129. The van der Waals surface area contributed by atoms with Crippen LogP contribution in [0.1, 0.15) is 18.4 Å². The Labute approximate surface area is 109 Å². The molecule has 0 spiro atoms. The van der Waals surface area contributed by atoms with Gasteiger partial charge in [-0.05, 0) is 30.5 Å². The number of hydrogen-bond donors (Lipinski definition) is 1. The van der Waals surface area contributed by atoms with E-state index >= 15 is 0 Å². The maximum absolute atomic E-state index is 5.94. The number of ether oxygens (including phenoxy) is 1. The molecule has 0 aromatic heterocycles. The Kier molecular flexibility index (Phi) is 4.55. The van der Waals surface area contributed by atoms with Gasteiger partial charge < -0.3 is 10.5 Å². The van der Waals surface area contributed by atoms with Crippen molar-refractivity contribution < 1.29 is 4.74 Å².